The lowest BCUT2D eigenvalue weighted by Gasteiger charge is -2.13. The predicted octanol–water partition coefficient (Wildman–Crippen LogP) is 4.59. The molecule has 19 heavy (non-hydrogen) atoms. The molecule has 0 amide bonds. The first-order valence-corrected chi connectivity index (χ1v) is 7.38. The number of aryl methyl sites for hydroxylation is 1. The van der Waals surface area contributed by atoms with Gasteiger partial charge in [0.05, 0.1) is 12.6 Å². The first-order chi connectivity index (χ1) is 9.04. The van der Waals surface area contributed by atoms with Gasteiger partial charge in [-0.2, -0.15) is 0 Å². The maximum Gasteiger partial charge on any atom is 0.164 e. The van der Waals surface area contributed by atoms with Gasteiger partial charge in [0.1, 0.15) is 11.5 Å². The zero-order valence-electron chi connectivity index (χ0n) is 11.4. The minimum Gasteiger partial charge on any atom is -0.491 e. The Morgan fingerprint density at radius 3 is 2.63 bits per heavy atom. The van der Waals surface area contributed by atoms with Crippen molar-refractivity contribution in [1.29, 1.82) is 0 Å². The molecule has 0 atom stereocenters. The van der Waals surface area contributed by atoms with Crippen LogP contribution >= 0.6 is 22.6 Å². The van der Waals surface area contributed by atoms with Crippen molar-refractivity contribution in [2.45, 2.75) is 33.4 Å². The highest BCUT2D eigenvalue weighted by Crippen LogP contribution is 2.23. The first-order valence-electron chi connectivity index (χ1n) is 6.30. The quantitative estimate of drug-likeness (QED) is 0.781. The molecule has 0 saturated heterocycles. The van der Waals surface area contributed by atoms with Crippen LogP contribution in [0.1, 0.15) is 25.2 Å². The van der Waals surface area contributed by atoms with Gasteiger partial charge in [-0.1, -0.05) is 0 Å². The largest absolute Gasteiger partial charge is 0.491 e. The normalized spacial score (nSPS) is 10.8. The molecule has 102 valence electrons. The predicted molar refractivity (Wildman–Crippen MR) is 85.7 cm³/mol. The zero-order chi connectivity index (χ0) is 13.8. The molecule has 2 aromatic rings. The highest BCUT2D eigenvalue weighted by Gasteiger charge is 2.04. The Hall–Kier alpha value is -1.17. The van der Waals surface area contributed by atoms with E-state index in [1.165, 1.54) is 5.56 Å². The molecule has 2 rings (SSSR count). The average molecular weight is 371 g/mol. The van der Waals surface area contributed by atoms with Crippen molar-refractivity contribution in [2.24, 2.45) is 0 Å². The van der Waals surface area contributed by atoms with E-state index < -0.39 is 0 Å². The van der Waals surface area contributed by atoms with Crippen LogP contribution in [0, 0.1) is 10.7 Å². The topological polar surface area (TPSA) is 34.4 Å². The fraction of sp³-hybridized carbons (Fsp3) is 0.333. The van der Waals surface area contributed by atoms with E-state index in [4.69, 9.17) is 9.15 Å². The second-order valence-electron chi connectivity index (χ2n) is 4.70. The summed E-state index contributed by atoms with van der Waals surface area (Å²) in [4.78, 5) is 0. The smallest absolute Gasteiger partial charge is 0.164 e. The number of ether oxygens (including phenoxy) is 1. The lowest BCUT2D eigenvalue weighted by atomic mass is 10.2. The summed E-state index contributed by atoms with van der Waals surface area (Å²) in [5, 5.41) is 3.37. The van der Waals surface area contributed by atoms with E-state index >= 15 is 0 Å². The average Bonchev–Trinajstić information content (AvgIpc) is 2.73. The molecule has 0 radical (unpaired) electrons. The lowest BCUT2D eigenvalue weighted by Crippen LogP contribution is -2.06. The fourth-order valence-electron chi connectivity index (χ4n) is 1.81. The Kier molecular flexibility index (Phi) is 4.74. The summed E-state index contributed by atoms with van der Waals surface area (Å²) in [6.07, 6.45) is 0.198. The van der Waals surface area contributed by atoms with Crippen LogP contribution in [0.3, 0.4) is 0 Å². The van der Waals surface area contributed by atoms with Gasteiger partial charge in [-0.05, 0) is 79.3 Å². The monoisotopic (exact) mass is 371 g/mol. The van der Waals surface area contributed by atoms with Crippen molar-refractivity contribution in [3.63, 3.8) is 0 Å². The third kappa shape index (κ3) is 4.16. The maximum absolute atomic E-state index is 5.67. The van der Waals surface area contributed by atoms with Gasteiger partial charge >= 0.3 is 0 Å². The molecule has 0 spiro atoms. The lowest BCUT2D eigenvalue weighted by molar-refractivity contribution is 0.242. The maximum atomic E-state index is 5.67. The molecule has 0 fully saturated rings. The Bertz CT molecular complexity index is 549. The second kappa shape index (κ2) is 6.32. The summed E-state index contributed by atoms with van der Waals surface area (Å²) in [6.45, 7) is 6.82. The molecule has 3 nitrogen and oxygen atoms in total. The Labute approximate surface area is 127 Å². The Morgan fingerprint density at radius 1 is 1.26 bits per heavy atom. The summed E-state index contributed by atoms with van der Waals surface area (Å²) in [5.41, 5.74) is 2.27. The van der Waals surface area contributed by atoms with Crippen molar-refractivity contribution >= 4 is 28.3 Å². The molecule has 4 heteroatoms. The molecular formula is C15H18INO2. The van der Waals surface area contributed by atoms with Crippen LogP contribution in [0.2, 0.25) is 0 Å². The SMILES string of the molecule is Cc1cc(OC(C)C)ccc1NCc1ccc(I)o1. The van der Waals surface area contributed by atoms with E-state index in [9.17, 15) is 0 Å². The van der Waals surface area contributed by atoms with Crippen LogP contribution in [0.4, 0.5) is 5.69 Å². The van der Waals surface area contributed by atoms with Crippen LogP contribution in [0.15, 0.2) is 34.7 Å². The number of rotatable bonds is 5. The summed E-state index contributed by atoms with van der Waals surface area (Å²) in [6, 6.07) is 10.0. The minimum absolute atomic E-state index is 0.198. The molecule has 1 heterocycles. The van der Waals surface area contributed by atoms with Gasteiger partial charge in [-0.25, -0.2) is 0 Å². The molecule has 1 aromatic carbocycles. The van der Waals surface area contributed by atoms with E-state index in [-0.39, 0.29) is 6.10 Å². The van der Waals surface area contributed by atoms with Crippen molar-refractivity contribution in [2.75, 3.05) is 5.32 Å². The van der Waals surface area contributed by atoms with Crippen molar-refractivity contribution in [3.05, 3.63) is 45.4 Å². The van der Waals surface area contributed by atoms with Crippen molar-refractivity contribution in [1.82, 2.24) is 0 Å². The first kappa shape index (κ1) is 14.2. The van der Waals surface area contributed by atoms with E-state index in [2.05, 4.69) is 34.8 Å². The number of hydrogen-bond donors (Lipinski definition) is 1. The van der Waals surface area contributed by atoms with Crippen LogP contribution < -0.4 is 10.1 Å². The molecule has 1 aromatic heterocycles. The van der Waals surface area contributed by atoms with Gasteiger partial charge in [0.15, 0.2) is 3.77 Å². The molecular weight excluding hydrogens is 353 g/mol. The van der Waals surface area contributed by atoms with Gasteiger partial charge in [0.2, 0.25) is 0 Å². The molecule has 0 aliphatic rings. The summed E-state index contributed by atoms with van der Waals surface area (Å²) < 4.78 is 12.1. The number of halogens is 1. The third-order valence-corrected chi connectivity index (χ3v) is 3.23. The molecule has 0 aliphatic heterocycles. The van der Waals surface area contributed by atoms with Crippen molar-refractivity contribution < 1.29 is 9.15 Å². The van der Waals surface area contributed by atoms with E-state index in [1.807, 2.05) is 44.2 Å². The standard InChI is InChI=1S/C15H18INO2/c1-10(2)18-12-4-6-14(11(3)8-12)17-9-13-5-7-15(16)19-13/h4-8,10,17H,9H2,1-3H3. The Balaban J connectivity index is 2.00. The fourth-order valence-corrected chi connectivity index (χ4v) is 2.27. The second-order valence-corrected chi connectivity index (χ2v) is 5.77. The Morgan fingerprint density at radius 2 is 2.05 bits per heavy atom. The van der Waals surface area contributed by atoms with Gasteiger partial charge in [-0.3, -0.25) is 0 Å². The van der Waals surface area contributed by atoms with Crippen molar-refractivity contribution in [3.8, 4) is 5.75 Å². The van der Waals surface area contributed by atoms with Gasteiger partial charge < -0.3 is 14.5 Å². The number of nitrogens with one attached hydrogen (secondary N) is 1. The summed E-state index contributed by atoms with van der Waals surface area (Å²) in [7, 11) is 0. The van der Waals surface area contributed by atoms with Crippen LogP contribution in [0.25, 0.3) is 0 Å². The summed E-state index contributed by atoms with van der Waals surface area (Å²) >= 11 is 2.17. The molecule has 0 saturated carbocycles. The van der Waals surface area contributed by atoms with E-state index in [1.54, 1.807) is 0 Å². The molecule has 0 aliphatic carbocycles. The van der Waals surface area contributed by atoms with Crippen LogP contribution in [-0.4, -0.2) is 6.10 Å². The highest BCUT2D eigenvalue weighted by molar-refractivity contribution is 14.1. The summed E-state index contributed by atoms with van der Waals surface area (Å²) in [5.74, 6) is 1.84. The number of hydrogen-bond acceptors (Lipinski definition) is 3. The van der Waals surface area contributed by atoms with Crippen LogP contribution in [-0.2, 0) is 6.54 Å². The van der Waals surface area contributed by atoms with E-state index in [0.29, 0.717) is 6.54 Å². The van der Waals surface area contributed by atoms with Crippen LogP contribution in [0.5, 0.6) is 5.75 Å². The molecule has 0 bridgehead atoms. The zero-order valence-corrected chi connectivity index (χ0v) is 13.5. The number of benzene rings is 1. The minimum atomic E-state index is 0.198. The van der Waals surface area contributed by atoms with E-state index in [0.717, 1.165) is 21.0 Å². The third-order valence-electron chi connectivity index (χ3n) is 2.65. The molecule has 0 unspecified atom stereocenters. The van der Waals surface area contributed by atoms with Gasteiger partial charge in [0.25, 0.3) is 0 Å². The molecule has 1 N–H and O–H groups in total. The number of furan rings is 1. The highest BCUT2D eigenvalue weighted by atomic mass is 127. The van der Waals surface area contributed by atoms with Gasteiger partial charge in [-0.15, -0.1) is 0 Å². The van der Waals surface area contributed by atoms with Gasteiger partial charge in [0, 0.05) is 5.69 Å². The number of anilines is 1.